The lowest BCUT2D eigenvalue weighted by Crippen LogP contribution is -2.49. The first kappa shape index (κ1) is 16.1. The molecule has 0 aromatic rings. The summed E-state index contributed by atoms with van der Waals surface area (Å²) in [5.74, 6) is 2.67. The van der Waals surface area contributed by atoms with E-state index in [2.05, 4.69) is 42.9 Å². The molecule has 18 heavy (non-hydrogen) atoms. The molecule has 0 aromatic carbocycles. The van der Waals surface area contributed by atoms with Gasteiger partial charge < -0.3 is 10.2 Å². The van der Waals surface area contributed by atoms with Gasteiger partial charge in [-0.25, -0.2) is 0 Å². The van der Waals surface area contributed by atoms with Crippen LogP contribution in [0.25, 0.3) is 0 Å². The van der Waals surface area contributed by atoms with Crippen molar-refractivity contribution in [1.82, 2.24) is 10.2 Å². The molecule has 1 N–H and O–H groups in total. The SMILES string of the molecule is CN=C(NC1CC1(C)C)N1CC(C)CC(C)C1.I. The van der Waals surface area contributed by atoms with Crippen molar-refractivity contribution in [2.75, 3.05) is 20.1 Å². The lowest BCUT2D eigenvalue weighted by molar-refractivity contribution is 0.208. The van der Waals surface area contributed by atoms with E-state index in [1.165, 1.54) is 12.8 Å². The third-order valence-electron chi connectivity index (χ3n) is 4.20. The van der Waals surface area contributed by atoms with Gasteiger partial charge in [-0.2, -0.15) is 0 Å². The average Bonchev–Trinajstić information content (AvgIpc) is 2.81. The van der Waals surface area contributed by atoms with Gasteiger partial charge in [0.15, 0.2) is 5.96 Å². The van der Waals surface area contributed by atoms with Crippen LogP contribution in [0.15, 0.2) is 4.99 Å². The number of likely N-dealkylation sites (tertiary alicyclic amines) is 1. The Morgan fingerprint density at radius 1 is 1.22 bits per heavy atom. The Bertz CT molecular complexity index is 304. The molecule has 2 aliphatic rings. The lowest BCUT2D eigenvalue weighted by atomic mass is 9.92. The summed E-state index contributed by atoms with van der Waals surface area (Å²) in [4.78, 5) is 6.90. The fraction of sp³-hybridized carbons (Fsp3) is 0.929. The minimum atomic E-state index is 0. The summed E-state index contributed by atoms with van der Waals surface area (Å²) < 4.78 is 0. The molecule has 0 bridgehead atoms. The van der Waals surface area contributed by atoms with Gasteiger partial charge in [-0.3, -0.25) is 4.99 Å². The summed E-state index contributed by atoms with van der Waals surface area (Å²) in [7, 11) is 1.90. The van der Waals surface area contributed by atoms with Crippen LogP contribution in [0.2, 0.25) is 0 Å². The van der Waals surface area contributed by atoms with Gasteiger partial charge in [0.1, 0.15) is 0 Å². The Balaban J connectivity index is 0.00000162. The van der Waals surface area contributed by atoms with Crippen LogP contribution >= 0.6 is 24.0 Å². The van der Waals surface area contributed by atoms with E-state index < -0.39 is 0 Å². The highest BCUT2D eigenvalue weighted by atomic mass is 127. The molecule has 1 aliphatic carbocycles. The van der Waals surface area contributed by atoms with Gasteiger partial charge in [-0.15, -0.1) is 24.0 Å². The molecule has 1 heterocycles. The summed E-state index contributed by atoms with van der Waals surface area (Å²) in [5.41, 5.74) is 0.461. The summed E-state index contributed by atoms with van der Waals surface area (Å²) in [6.45, 7) is 11.6. The van der Waals surface area contributed by atoms with Crippen molar-refractivity contribution in [3.8, 4) is 0 Å². The monoisotopic (exact) mass is 365 g/mol. The maximum atomic E-state index is 4.46. The molecule has 4 heteroatoms. The summed E-state index contributed by atoms with van der Waals surface area (Å²) in [5, 5.41) is 3.62. The van der Waals surface area contributed by atoms with Crippen LogP contribution in [0.3, 0.4) is 0 Å². The minimum absolute atomic E-state index is 0. The number of nitrogens with zero attached hydrogens (tertiary/aromatic N) is 2. The molecule has 0 aromatic heterocycles. The van der Waals surface area contributed by atoms with Crippen molar-refractivity contribution in [3.05, 3.63) is 0 Å². The van der Waals surface area contributed by atoms with Gasteiger partial charge in [-0.05, 0) is 30.1 Å². The van der Waals surface area contributed by atoms with Gasteiger partial charge in [0, 0.05) is 26.2 Å². The predicted octanol–water partition coefficient (Wildman–Crippen LogP) is 2.96. The highest BCUT2D eigenvalue weighted by Gasteiger charge is 2.46. The number of guanidine groups is 1. The van der Waals surface area contributed by atoms with E-state index >= 15 is 0 Å². The Morgan fingerprint density at radius 2 is 1.72 bits per heavy atom. The van der Waals surface area contributed by atoms with Crippen LogP contribution in [0.4, 0.5) is 0 Å². The lowest BCUT2D eigenvalue weighted by Gasteiger charge is -2.37. The maximum Gasteiger partial charge on any atom is 0.193 e. The van der Waals surface area contributed by atoms with Gasteiger partial charge >= 0.3 is 0 Å². The smallest absolute Gasteiger partial charge is 0.193 e. The highest BCUT2D eigenvalue weighted by molar-refractivity contribution is 14.0. The zero-order chi connectivity index (χ0) is 12.6. The number of aliphatic imine (C=N–C) groups is 1. The first-order valence-electron chi connectivity index (χ1n) is 6.90. The zero-order valence-corrected chi connectivity index (χ0v) is 14.7. The third kappa shape index (κ3) is 3.75. The van der Waals surface area contributed by atoms with E-state index in [1.54, 1.807) is 0 Å². The molecule has 1 saturated heterocycles. The topological polar surface area (TPSA) is 27.6 Å². The zero-order valence-electron chi connectivity index (χ0n) is 12.4. The molecule has 0 amide bonds. The summed E-state index contributed by atoms with van der Waals surface area (Å²) >= 11 is 0. The van der Waals surface area contributed by atoms with Crippen molar-refractivity contribution < 1.29 is 0 Å². The van der Waals surface area contributed by atoms with E-state index in [9.17, 15) is 0 Å². The number of hydrogen-bond donors (Lipinski definition) is 1. The molecule has 3 unspecified atom stereocenters. The van der Waals surface area contributed by atoms with Gasteiger partial charge in [0.25, 0.3) is 0 Å². The largest absolute Gasteiger partial charge is 0.353 e. The van der Waals surface area contributed by atoms with E-state index in [0.29, 0.717) is 11.5 Å². The van der Waals surface area contributed by atoms with Crippen molar-refractivity contribution in [2.24, 2.45) is 22.2 Å². The van der Waals surface area contributed by atoms with Crippen molar-refractivity contribution in [3.63, 3.8) is 0 Å². The van der Waals surface area contributed by atoms with Crippen molar-refractivity contribution in [1.29, 1.82) is 0 Å². The molecule has 1 aliphatic heterocycles. The second-order valence-electron chi connectivity index (χ2n) is 6.79. The normalized spacial score (nSPS) is 34.8. The predicted molar refractivity (Wildman–Crippen MR) is 88.6 cm³/mol. The third-order valence-corrected chi connectivity index (χ3v) is 4.20. The van der Waals surface area contributed by atoms with Crippen LogP contribution in [0.1, 0.15) is 40.5 Å². The summed E-state index contributed by atoms with van der Waals surface area (Å²) in [6.07, 6.45) is 2.62. The molecule has 0 radical (unpaired) electrons. The van der Waals surface area contributed by atoms with E-state index in [4.69, 9.17) is 0 Å². The Kier molecular flexibility index (Phi) is 5.32. The average molecular weight is 365 g/mol. The molecular formula is C14H28IN3. The first-order valence-corrected chi connectivity index (χ1v) is 6.90. The molecule has 106 valence electrons. The van der Waals surface area contributed by atoms with E-state index in [-0.39, 0.29) is 24.0 Å². The van der Waals surface area contributed by atoms with Gasteiger partial charge in [-0.1, -0.05) is 27.7 Å². The van der Waals surface area contributed by atoms with Crippen LogP contribution in [0.5, 0.6) is 0 Å². The van der Waals surface area contributed by atoms with Crippen LogP contribution in [-0.2, 0) is 0 Å². The van der Waals surface area contributed by atoms with Crippen LogP contribution in [-0.4, -0.2) is 37.0 Å². The Hall–Kier alpha value is 0. The molecule has 2 rings (SSSR count). The Morgan fingerprint density at radius 3 is 2.11 bits per heavy atom. The molecule has 2 fully saturated rings. The standard InChI is InChI=1S/C14H27N3.HI/c1-10-6-11(2)9-17(8-10)13(15-5)16-12-7-14(12,3)4;/h10-12H,6-9H2,1-5H3,(H,15,16);1H. The minimum Gasteiger partial charge on any atom is -0.353 e. The van der Waals surface area contributed by atoms with Gasteiger partial charge in [0.05, 0.1) is 0 Å². The molecular weight excluding hydrogens is 337 g/mol. The number of piperidine rings is 1. The molecule has 0 spiro atoms. The molecule has 3 nitrogen and oxygen atoms in total. The first-order chi connectivity index (χ1) is 7.92. The summed E-state index contributed by atoms with van der Waals surface area (Å²) in [6, 6.07) is 0.619. The van der Waals surface area contributed by atoms with E-state index in [0.717, 1.165) is 30.9 Å². The maximum absolute atomic E-state index is 4.46. The number of nitrogens with one attached hydrogen (secondary N) is 1. The number of halogens is 1. The molecule has 1 saturated carbocycles. The molecule has 3 atom stereocenters. The van der Waals surface area contributed by atoms with Crippen LogP contribution < -0.4 is 5.32 Å². The quantitative estimate of drug-likeness (QED) is 0.440. The number of rotatable bonds is 1. The second kappa shape index (κ2) is 5.97. The van der Waals surface area contributed by atoms with Crippen LogP contribution in [0, 0.1) is 17.3 Å². The van der Waals surface area contributed by atoms with Crippen molar-refractivity contribution in [2.45, 2.75) is 46.6 Å². The fourth-order valence-electron chi connectivity index (χ4n) is 3.00. The Labute approximate surface area is 129 Å². The fourth-order valence-corrected chi connectivity index (χ4v) is 3.00. The number of hydrogen-bond acceptors (Lipinski definition) is 1. The van der Waals surface area contributed by atoms with Gasteiger partial charge in [0.2, 0.25) is 0 Å². The second-order valence-corrected chi connectivity index (χ2v) is 6.79. The highest BCUT2D eigenvalue weighted by Crippen LogP contribution is 2.44. The van der Waals surface area contributed by atoms with E-state index in [1.807, 2.05) is 7.05 Å². The van der Waals surface area contributed by atoms with Crippen molar-refractivity contribution >= 4 is 29.9 Å².